The summed E-state index contributed by atoms with van der Waals surface area (Å²) in [6.45, 7) is 2.35. The summed E-state index contributed by atoms with van der Waals surface area (Å²) >= 11 is 0. The van der Waals surface area contributed by atoms with E-state index in [9.17, 15) is 26.4 Å². The highest BCUT2D eigenvalue weighted by atomic mass is 32.2. The molecule has 2 aromatic carbocycles. The van der Waals surface area contributed by atoms with Gasteiger partial charge in [-0.2, -0.15) is 17.5 Å². The third-order valence-corrected chi connectivity index (χ3v) is 6.71. The van der Waals surface area contributed by atoms with Gasteiger partial charge in [-0.15, -0.1) is 0 Å². The van der Waals surface area contributed by atoms with Crippen LogP contribution < -0.4 is 10.6 Å². The Morgan fingerprint density at radius 1 is 1.00 bits per heavy atom. The standard InChI is InChI=1S/C19H20F3N3O3S/c1-13-3-2-12-25(13)29(27,28)17-10-8-16(9-11-17)24-18(26)23-15-6-4-14(5-7-15)19(20,21)22/h4-11,13H,2-3,12H2,1H3,(H2,23,24,26)/t13-/m0/s1. The Balaban J connectivity index is 1.63. The molecule has 0 aromatic heterocycles. The lowest BCUT2D eigenvalue weighted by molar-refractivity contribution is -0.137. The number of alkyl halides is 3. The molecular formula is C19H20F3N3O3S. The molecule has 1 aliphatic rings. The molecule has 10 heteroatoms. The number of sulfonamides is 1. The number of anilines is 2. The van der Waals surface area contributed by atoms with Crippen LogP contribution in [0.4, 0.5) is 29.3 Å². The molecule has 2 N–H and O–H groups in total. The monoisotopic (exact) mass is 427 g/mol. The summed E-state index contributed by atoms with van der Waals surface area (Å²) in [4.78, 5) is 12.2. The molecule has 0 spiro atoms. The Morgan fingerprint density at radius 2 is 1.52 bits per heavy atom. The Labute approximate surface area is 166 Å². The predicted molar refractivity (Wildman–Crippen MR) is 103 cm³/mol. The normalized spacial score (nSPS) is 17.9. The van der Waals surface area contributed by atoms with E-state index in [0.29, 0.717) is 12.2 Å². The third kappa shape index (κ3) is 4.88. The summed E-state index contributed by atoms with van der Waals surface area (Å²) in [7, 11) is -3.58. The second-order valence-electron chi connectivity index (χ2n) is 6.79. The molecule has 1 saturated heterocycles. The van der Waals surface area contributed by atoms with Crippen molar-refractivity contribution in [1.82, 2.24) is 4.31 Å². The number of hydrogen-bond acceptors (Lipinski definition) is 3. The molecule has 0 radical (unpaired) electrons. The van der Waals surface area contributed by atoms with Gasteiger partial charge in [0.05, 0.1) is 10.5 Å². The zero-order chi connectivity index (χ0) is 21.2. The van der Waals surface area contributed by atoms with Gasteiger partial charge in [-0.1, -0.05) is 0 Å². The van der Waals surface area contributed by atoms with Crippen LogP contribution in [0.15, 0.2) is 53.4 Å². The van der Waals surface area contributed by atoms with Crippen molar-refractivity contribution in [2.75, 3.05) is 17.2 Å². The van der Waals surface area contributed by atoms with Crippen LogP contribution in [0.3, 0.4) is 0 Å². The Morgan fingerprint density at radius 3 is 1.97 bits per heavy atom. The van der Waals surface area contributed by atoms with Gasteiger partial charge in [-0.25, -0.2) is 13.2 Å². The minimum atomic E-state index is -4.45. The fraction of sp³-hybridized carbons (Fsp3) is 0.316. The maximum Gasteiger partial charge on any atom is 0.416 e. The third-order valence-electron chi connectivity index (χ3n) is 4.68. The molecule has 2 aromatic rings. The highest BCUT2D eigenvalue weighted by molar-refractivity contribution is 7.89. The number of amides is 2. The first-order valence-corrected chi connectivity index (χ1v) is 10.4. The molecule has 6 nitrogen and oxygen atoms in total. The maximum atomic E-state index is 12.7. The van der Waals surface area contributed by atoms with Gasteiger partial charge in [-0.05, 0) is 68.3 Å². The Hall–Kier alpha value is -2.59. The van der Waals surface area contributed by atoms with Gasteiger partial charge in [-0.3, -0.25) is 0 Å². The molecule has 29 heavy (non-hydrogen) atoms. The lowest BCUT2D eigenvalue weighted by atomic mass is 10.2. The molecule has 0 bridgehead atoms. The molecule has 156 valence electrons. The van der Waals surface area contributed by atoms with Gasteiger partial charge in [0.1, 0.15) is 0 Å². The van der Waals surface area contributed by atoms with Gasteiger partial charge < -0.3 is 10.6 Å². The van der Waals surface area contributed by atoms with E-state index < -0.39 is 27.8 Å². The van der Waals surface area contributed by atoms with Crippen molar-refractivity contribution in [2.24, 2.45) is 0 Å². The fourth-order valence-electron chi connectivity index (χ4n) is 3.15. The zero-order valence-electron chi connectivity index (χ0n) is 15.5. The number of carbonyl (C=O) groups excluding carboxylic acids is 1. The first kappa shape index (κ1) is 21.1. The van der Waals surface area contributed by atoms with Crippen molar-refractivity contribution in [1.29, 1.82) is 0 Å². The molecule has 2 amide bonds. The number of nitrogens with zero attached hydrogens (tertiary/aromatic N) is 1. The van der Waals surface area contributed by atoms with E-state index in [-0.39, 0.29) is 16.6 Å². The number of halogens is 3. The lowest BCUT2D eigenvalue weighted by Crippen LogP contribution is -2.33. The van der Waals surface area contributed by atoms with Crippen LogP contribution in [0.25, 0.3) is 0 Å². The summed E-state index contributed by atoms with van der Waals surface area (Å²) in [5, 5.41) is 4.93. The average molecular weight is 427 g/mol. The quantitative estimate of drug-likeness (QED) is 0.753. The van der Waals surface area contributed by atoms with Crippen molar-refractivity contribution in [3.05, 3.63) is 54.1 Å². The average Bonchev–Trinajstić information content (AvgIpc) is 3.08. The van der Waals surface area contributed by atoms with Crippen LogP contribution in [0.1, 0.15) is 25.3 Å². The van der Waals surface area contributed by atoms with Gasteiger partial charge in [0.15, 0.2) is 0 Å². The van der Waals surface area contributed by atoms with E-state index >= 15 is 0 Å². The van der Waals surface area contributed by atoms with Crippen molar-refractivity contribution in [3.8, 4) is 0 Å². The molecule has 0 aliphatic carbocycles. The highest BCUT2D eigenvalue weighted by Gasteiger charge is 2.32. The van der Waals surface area contributed by atoms with E-state index in [0.717, 1.165) is 37.1 Å². The first-order valence-electron chi connectivity index (χ1n) is 8.94. The second kappa shape index (κ2) is 8.03. The van der Waals surface area contributed by atoms with Crippen LogP contribution in [0, 0.1) is 0 Å². The lowest BCUT2D eigenvalue weighted by Gasteiger charge is -2.21. The minimum absolute atomic E-state index is 0.0488. The van der Waals surface area contributed by atoms with Crippen molar-refractivity contribution >= 4 is 27.4 Å². The van der Waals surface area contributed by atoms with Crippen LogP contribution in [0.2, 0.25) is 0 Å². The number of nitrogens with one attached hydrogen (secondary N) is 2. The maximum absolute atomic E-state index is 12.7. The number of hydrogen-bond donors (Lipinski definition) is 2. The summed E-state index contributed by atoms with van der Waals surface area (Å²) < 4.78 is 64.5. The van der Waals surface area contributed by atoms with Crippen LogP contribution in [-0.2, 0) is 16.2 Å². The highest BCUT2D eigenvalue weighted by Crippen LogP contribution is 2.30. The van der Waals surface area contributed by atoms with Gasteiger partial charge in [0.2, 0.25) is 10.0 Å². The van der Waals surface area contributed by atoms with E-state index in [1.165, 1.54) is 28.6 Å². The molecule has 1 fully saturated rings. The summed E-state index contributed by atoms with van der Waals surface area (Å²) in [6.07, 6.45) is -2.80. The fourth-order valence-corrected chi connectivity index (χ4v) is 4.85. The molecule has 3 rings (SSSR count). The number of carbonyl (C=O) groups is 1. The van der Waals surface area contributed by atoms with Crippen molar-refractivity contribution in [3.63, 3.8) is 0 Å². The van der Waals surface area contributed by atoms with Crippen molar-refractivity contribution < 1.29 is 26.4 Å². The largest absolute Gasteiger partial charge is 0.416 e. The van der Waals surface area contributed by atoms with Crippen LogP contribution in [0.5, 0.6) is 0 Å². The van der Waals surface area contributed by atoms with E-state index in [4.69, 9.17) is 0 Å². The summed E-state index contributed by atoms with van der Waals surface area (Å²) in [6, 6.07) is 9.07. The van der Waals surface area contributed by atoms with Crippen LogP contribution in [-0.4, -0.2) is 31.3 Å². The van der Waals surface area contributed by atoms with Crippen molar-refractivity contribution in [2.45, 2.75) is 36.9 Å². The van der Waals surface area contributed by atoms with E-state index in [2.05, 4.69) is 10.6 Å². The molecular weight excluding hydrogens is 407 g/mol. The topological polar surface area (TPSA) is 78.5 Å². The molecule has 1 aliphatic heterocycles. The van der Waals surface area contributed by atoms with E-state index in [1.54, 1.807) is 0 Å². The Bertz CT molecular complexity index is 974. The smallest absolute Gasteiger partial charge is 0.308 e. The number of urea groups is 1. The first-order chi connectivity index (χ1) is 13.6. The van der Waals surface area contributed by atoms with Crippen LogP contribution >= 0.6 is 0 Å². The summed E-state index contributed by atoms with van der Waals surface area (Å²) in [5.74, 6) is 0. The van der Waals surface area contributed by atoms with Gasteiger partial charge >= 0.3 is 12.2 Å². The molecule has 0 saturated carbocycles. The Kier molecular flexibility index (Phi) is 5.85. The molecule has 1 heterocycles. The SMILES string of the molecule is C[C@H]1CCCN1S(=O)(=O)c1ccc(NC(=O)Nc2ccc(C(F)(F)F)cc2)cc1. The number of rotatable bonds is 4. The summed E-state index contributed by atoms with van der Waals surface area (Å²) in [5.41, 5.74) is -0.270. The van der Waals surface area contributed by atoms with E-state index in [1.807, 2.05) is 6.92 Å². The number of benzene rings is 2. The molecule has 0 unspecified atom stereocenters. The van der Waals surface area contributed by atoms with Gasteiger partial charge in [0, 0.05) is 24.0 Å². The minimum Gasteiger partial charge on any atom is -0.308 e. The predicted octanol–water partition coefficient (Wildman–Crippen LogP) is 4.52. The zero-order valence-corrected chi connectivity index (χ0v) is 16.3. The second-order valence-corrected chi connectivity index (χ2v) is 8.68. The molecule has 1 atom stereocenters. The van der Waals surface area contributed by atoms with Gasteiger partial charge in [0.25, 0.3) is 0 Å².